The molecule has 0 aliphatic heterocycles. The van der Waals surface area contributed by atoms with E-state index in [0.717, 1.165) is 10.0 Å². The average Bonchev–Trinajstić information content (AvgIpc) is 2.46. The number of carbonyl (C=O) groups is 1. The van der Waals surface area contributed by atoms with Gasteiger partial charge in [0, 0.05) is 16.3 Å². The van der Waals surface area contributed by atoms with Gasteiger partial charge in [-0.25, -0.2) is 8.42 Å². The average molecular weight is 382 g/mol. The van der Waals surface area contributed by atoms with Crippen LogP contribution in [0.3, 0.4) is 0 Å². The van der Waals surface area contributed by atoms with Gasteiger partial charge in [-0.2, -0.15) is 0 Å². The summed E-state index contributed by atoms with van der Waals surface area (Å²) in [6.07, 6.45) is 1.17. The van der Waals surface area contributed by atoms with Crippen LogP contribution < -0.4 is 5.32 Å². The summed E-state index contributed by atoms with van der Waals surface area (Å²) in [5.41, 5.74) is 1.41. The standard InChI is InChI=1S/C16H16BrNO3S/c1-11(12-6-8-15(9-7-12)22(2,20)21)18-16(19)13-4-3-5-14(17)10-13/h3-11H,1-2H3,(H,18,19). The SMILES string of the molecule is CC(NC(=O)c1cccc(Br)c1)c1ccc(S(C)(=O)=O)cc1. The number of hydrogen-bond acceptors (Lipinski definition) is 3. The molecule has 2 rings (SSSR count). The summed E-state index contributed by atoms with van der Waals surface area (Å²) < 4.78 is 23.7. The van der Waals surface area contributed by atoms with Crippen molar-refractivity contribution in [2.24, 2.45) is 0 Å². The number of nitrogens with one attached hydrogen (secondary N) is 1. The quantitative estimate of drug-likeness (QED) is 0.882. The van der Waals surface area contributed by atoms with E-state index in [1.165, 1.54) is 6.26 Å². The Morgan fingerprint density at radius 2 is 1.77 bits per heavy atom. The Morgan fingerprint density at radius 1 is 1.14 bits per heavy atom. The molecule has 116 valence electrons. The van der Waals surface area contributed by atoms with Crippen LogP contribution in [-0.4, -0.2) is 20.6 Å². The number of benzene rings is 2. The fraction of sp³-hybridized carbons (Fsp3) is 0.188. The molecule has 1 amide bonds. The highest BCUT2D eigenvalue weighted by Crippen LogP contribution is 2.17. The largest absolute Gasteiger partial charge is 0.346 e. The Morgan fingerprint density at radius 3 is 2.32 bits per heavy atom. The molecule has 0 bridgehead atoms. The lowest BCUT2D eigenvalue weighted by Gasteiger charge is -2.15. The van der Waals surface area contributed by atoms with E-state index >= 15 is 0 Å². The van der Waals surface area contributed by atoms with Crippen LogP contribution in [0.25, 0.3) is 0 Å². The molecule has 0 aliphatic rings. The predicted molar refractivity (Wildman–Crippen MR) is 89.6 cm³/mol. The normalized spacial score (nSPS) is 12.7. The van der Waals surface area contributed by atoms with Gasteiger partial charge in [-0.1, -0.05) is 34.1 Å². The van der Waals surface area contributed by atoms with Crippen molar-refractivity contribution < 1.29 is 13.2 Å². The fourth-order valence-electron chi connectivity index (χ4n) is 2.00. The van der Waals surface area contributed by atoms with E-state index in [2.05, 4.69) is 21.2 Å². The van der Waals surface area contributed by atoms with Gasteiger partial charge in [-0.05, 0) is 42.8 Å². The minimum absolute atomic E-state index is 0.180. The molecule has 2 aromatic rings. The molecule has 1 atom stereocenters. The number of hydrogen-bond donors (Lipinski definition) is 1. The predicted octanol–water partition coefficient (Wildman–Crippen LogP) is 3.34. The second-order valence-electron chi connectivity index (χ2n) is 5.05. The molecule has 0 aromatic heterocycles. The number of amides is 1. The van der Waals surface area contributed by atoms with E-state index in [1.54, 1.807) is 42.5 Å². The van der Waals surface area contributed by atoms with Gasteiger partial charge in [0.25, 0.3) is 5.91 Å². The lowest BCUT2D eigenvalue weighted by Crippen LogP contribution is -2.26. The second kappa shape index (κ2) is 6.62. The van der Waals surface area contributed by atoms with E-state index in [1.807, 2.05) is 13.0 Å². The smallest absolute Gasteiger partial charge is 0.251 e. The first-order chi connectivity index (χ1) is 10.3. The van der Waals surface area contributed by atoms with Gasteiger partial charge >= 0.3 is 0 Å². The molecule has 22 heavy (non-hydrogen) atoms. The molecule has 0 aliphatic carbocycles. The van der Waals surface area contributed by atoms with Gasteiger partial charge in [-0.3, -0.25) is 4.79 Å². The van der Waals surface area contributed by atoms with E-state index in [4.69, 9.17) is 0 Å². The summed E-state index contributed by atoms with van der Waals surface area (Å²) in [5, 5.41) is 2.89. The minimum atomic E-state index is -3.21. The third-order valence-corrected chi connectivity index (χ3v) is 4.86. The molecule has 4 nitrogen and oxygen atoms in total. The summed E-state index contributed by atoms with van der Waals surface area (Å²) in [7, 11) is -3.21. The van der Waals surface area contributed by atoms with E-state index in [-0.39, 0.29) is 16.8 Å². The zero-order chi connectivity index (χ0) is 16.3. The monoisotopic (exact) mass is 381 g/mol. The molecule has 1 N–H and O–H groups in total. The maximum absolute atomic E-state index is 12.2. The second-order valence-corrected chi connectivity index (χ2v) is 7.98. The molecular weight excluding hydrogens is 366 g/mol. The Labute approximate surface area is 138 Å². The summed E-state index contributed by atoms with van der Waals surface area (Å²) in [6.45, 7) is 1.85. The van der Waals surface area contributed by atoms with Crippen molar-refractivity contribution in [3.05, 3.63) is 64.1 Å². The Hall–Kier alpha value is -1.66. The third-order valence-electron chi connectivity index (χ3n) is 3.24. The minimum Gasteiger partial charge on any atom is -0.346 e. The van der Waals surface area contributed by atoms with Crippen molar-refractivity contribution in [2.45, 2.75) is 17.9 Å². The number of rotatable bonds is 4. The van der Waals surface area contributed by atoms with Crippen LogP contribution >= 0.6 is 15.9 Å². The molecule has 1 unspecified atom stereocenters. The summed E-state index contributed by atoms with van der Waals surface area (Å²) in [4.78, 5) is 12.4. The van der Waals surface area contributed by atoms with Crippen LogP contribution in [0, 0.1) is 0 Å². The highest BCUT2D eigenvalue weighted by molar-refractivity contribution is 9.10. The fourth-order valence-corrected chi connectivity index (χ4v) is 3.03. The Kier molecular flexibility index (Phi) is 5.03. The molecule has 0 fully saturated rings. The molecule has 0 saturated heterocycles. The van der Waals surface area contributed by atoms with Crippen LogP contribution in [0.5, 0.6) is 0 Å². The van der Waals surface area contributed by atoms with Crippen molar-refractivity contribution in [1.82, 2.24) is 5.32 Å². The maximum Gasteiger partial charge on any atom is 0.251 e. The van der Waals surface area contributed by atoms with Crippen LogP contribution in [0.4, 0.5) is 0 Å². The Balaban J connectivity index is 2.12. The van der Waals surface area contributed by atoms with Crippen LogP contribution in [0.1, 0.15) is 28.9 Å². The Bertz CT molecular complexity index is 785. The summed E-state index contributed by atoms with van der Waals surface area (Å²) >= 11 is 3.33. The zero-order valence-electron chi connectivity index (χ0n) is 12.2. The van der Waals surface area contributed by atoms with E-state index in [0.29, 0.717) is 5.56 Å². The van der Waals surface area contributed by atoms with Gasteiger partial charge in [0.1, 0.15) is 0 Å². The molecule has 0 spiro atoms. The van der Waals surface area contributed by atoms with Crippen LogP contribution in [-0.2, 0) is 9.84 Å². The van der Waals surface area contributed by atoms with Gasteiger partial charge in [-0.15, -0.1) is 0 Å². The molecule has 2 aromatic carbocycles. The molecule has 0 radical (unpaired) electrons. The van der Waals surface area contributed by atoms with Crippen LogP contribution in [0.2, 0.25) is 0 Å². The number of sulfone groups is 1. The molecule has 0 heterocycles. The van der Waals surface area contributed by atoms with Crippen molar-refractivity contribution in [2.75, 3.05) is 6.26 Å². The van der Waals surface area contributed by atoms with Crippen LogP contribution in [0.15, 0.2) is 57.9 Å². The highest BCUT2D eigenvalue weighted by Gasteiger charge is 2.13. The van der Waals surface area contributed by atoms with Crippen molar-refractivity contribution >= 4 is 31.7 Å². The van der Waals surface area contributed by atoms with Crippen molar-refractivity contribution in [3.63, 3.8) is 0 Å². The van der Waals surface area contributed by atoms with E-state index < -0.39 is 9.84 Å². The first kappa shape index (κ1) is 16.7. The number of halogens is 1. The first-order valence-electron chi connectivity index (χ1n) is 6.64. The molecular formula is C16H16BrNO3S. The summed E-state index contributed by atoms with van der Waals surface area (Å²) in [6, 6.07) is 13.4. The van der Waals surface area contributed by atoms with E-state index in [9.17, 15) is 13.2 Å². The maximum atomic E-state index is 12.2. The lowest BCUT2D eigenvalue weighted by atomic mass is 10.1. The topological polar surface area (TPSA) is 63.2 Å². The van der Waals surface area contributed by atoms with Crippen molar-refractivity contribution in [1.29, 1.82) is 0 Å². The highest BCUT2D eigenvalue weighted by atomic mass is 79.9. The first-order valence-corrected chi connectivity index (χ1v) is 9.32. The third kappa shape index (κ3) is 4.18. The van der Waals surface area contributed by atoms with Gasteiger partial charge in [0.05, 0.1) is 10.9 Å². The van der Waals surface area contributed by atoms with Crippen molar-refractivity contribution in [3.8, 4) is 0 Å². The van der Waals surface area contributed by atoms with Gasteiger partial charge < -0.3 is 5.32 Å². The summed E-state index contributed by atoms with van der Waals surface area (Å²) in [5.74, 6) is -0.180. The zero-order valence-corrected chi connectivity index (χ0v) is 14.6. The molecule has 0 saturated carbocycles. The van der Waals surface area contributed by atoms with Gasteiger partial charge in [0.2, 0.25) is 0 Å². The number of carbonyl (C=O) groups excluding carboxylic acids is 1. The lowest BCUT2D eigenvalue weighted by molar-refractivity contribution is 0.0940. The van der Waals surface area contributed by atoms with Gasteiger partial charge in [0.15, 0.2) is 9.84 Å². The molecule has 6 heteroatoms.